The number of esters is 1. The summed E-state index contributed by atoms with van der Waals surface area (Å²) >= 11 is 0. The first-order chi connectivity index (χ1) is 8.22. The summed E-state index contributed by atoms with van der Waals surface area (Å²) in [7, 11) is 0. The van der Waals surface area contributed by atoms with Crippen LogP contribution in [-0.2, 0) is 4.74 Å². The van der Waals surface area contributed by atoms with Crippen LogP contribution in [0.2, 0.25) is 0 Å². The number of pyridine rings is 1. The molecule has 0 aliphatic heterocycles. The van der Waals surface area contributed by atoms with Crippen molar-refractivity contribution in [3.05, 3.63) is 29.7 Å². The molecule has 2 aromatic heterocycles. The molecule has 0 aromatic carbocycles. The lowest BCUT2D eigenvalue weighted by atomic mass is 10.2. The van der Waals surface area contributed by atoms with E-state index in [1.165, 1.54) is 0 Å². The van der Waals surface area contributed by atoms with Crippen LogP contribution in [0.4, 0.5) is 0 Å². The van der Waals surface area contributed by atoms with Crippen LogP contribution < -0.4 is 0 Å². The summed E-state index contributed by atoms with van der Waals surface area (Å²) in [5.41, 5.74) is 1.60. The highest BCUT2D eigenvalue weighted by molar-refractivity contribution is 5.85. The van der Waals surface area contributed by atoms with Crippen molar-refractivity contribution in [2.45, 2.75) is 13.8 Å². The SMILES string of the molecule is CCOC(=O)c1nc(-c2ncccc2C)n[nH]1. The number of ether oxygens (including phenoxy) is 1. The molecule has 0 radical (unpaired) electrons. The zero-order valence-corrected chi connectivity index (χ0v) is 9.60. The summed E-state index contributed by atoms with van der Waals surface area (Å²) in [6.07, 6.45) is 1.66. The Hall–Kier alpha value is -2.24. The normalized spacial score (nSPS) is 10.2. The van der Waals surface area contributed by atoms with Crippen molar-refractivity contribution in [1.82, 2.24) is 20.2 Å². The number of carbonyl (C=O) groups excluding carboxylic acids is 1. The average molecular weight is 232 g/mol. The lowest BCUT2D eigenvalue weighted by Crippen LogP contribution is -2.06. The Bertz CT molecular complexity index is 536. The second-order valence-corrected chi connectivity index (χ2v) is 3.40. The van der Waals surface area contributed by atoms with Crippen LogP contribution in [0, 0.1) is 6.92 Å². The molecular weight excluding hydrogens is 220 g/mol. The van der Waals surface area contributed by atoms with Crippen molar-refractivity contribution >= 4 is 5.97 Å². The molecule has 2 rings (SSSR count). The van der Waals surface area contributed by atoms with Crippen molar-refractivity contribution in [3.63, 3.8) is 0 Å². The topological polar surface area (TPSA) is 80.8 Å². The monoisotopic (exact) mass is 232 g/mol. The van der Waals surface area contributed by atoms with E-state index >= 15 is 0 Å². The summed E-state index contributed by atoms with van der Waals surface area (Å²) in [6, 6.07) is 3.74. The van der Waals surface area contributed by atoms with Crippen molar-refractivity contribution in [2.75, 3.05) is 6.61 Å². The minimum Gasteiger partial charge on any atom is -0.460 e. The van der Waals surface area contributed by atoms with Crippen LogP contribution in [-0.4, -0.2) is 32.7 Å². The number of rotatable bonds is 3. The van der Waals surface area contributed by atoms with Crippen LogP contribution in [0.5, 0.6) is 0 Å². The van der Waals surface area contributed by atoms with Gasteiger partial charge in [-0.3, -0.25) is 10.1 Å². The number of hydrogen-bond acceptors (Lipinski definition) is 5. The number of nitrogens with one attached hydrogen (secondary N) is 1. The molecule has 17 heavy (non-hydrogen) atoms. The second kappa shape index (κ2) is 4.73. The third-order valence-electron chi connectivity index (χ3n) is 2.18. The fourth-order valence-corrected chi connectivity index (χ4v) is 1.38. The Morgan fingerprint density at radius 3 is 3.06 bits per heavy atom. The smallest absolute Gasteiger partial charge is 0.375 e. The molecule has 0 amide bonds. The lowest BCUT2D eigenvalue weighted by Gasteiger charge is -1.98. The summed E-state index contributed by atoms with van der Waals surface area (Å²) in [5, 5.41) is 6.49. The maximum Gasteiger partial charge on any atom is 0.375 e. The van der Waals surface area contributed by atoms with E-state index < -0.39 is 5.97 Å². The summed E-state index contributed by atoms with van der Waals surface area (Å²) in [6.45, 7) is 3.94. The van der Waals surface area contributed by atoms with Gasteiger partial charge in [-0.25, -0.2) is 4.79 Å². The Kier molecular flexibility index (Phi) is 3.13. The van der Waals surface area contributed by atoms with Crippen LogP contribution in [0.1, 0.15) is 23.1 Å². The van der Waals surface area contributed by atoms with Gasteiger partial charge in [0.05, 0.1) is 6.61 Å². The molecule has 6 heteroatoms. The largest absolute Gasteiger partial charge is 0.460 e. The van der Waals surface area contributed by atoms with E-state index in [-0.39, 0.29) is 5.82 Å². The zero-order valence-electron chi connectivity index (χ0n) is 9.60. The molecule has 0 aliphatic rings. The van der Waals surface area contributed by atoms with Gasteiger partial charge in [-0.05, 0) is 25.5 Å². The van der Waals surface area contributed by atoms with Gasteiger partial charge < -0.3 is 4.74 Å². The summed E-state index contributed by atoms with van der Waals surface area (Å²) < 4.78 is 4.81. The molecule has 1 N–H and O–H groups in total. The third-order valence-corrected chi connectivity index (χ3v) is 2.18. The third kappa shape index (κ3) is 2.30. The molecule has 2 aromatic rings. The number of nitrogens with zero attached hydrogens (tertiary/aromatic N) is 3. The van der Waals surface area contributed by atoms with E-state index in [0.717, 1.165) is 5.56 Å². The Labute approximate surface area is 98.1 Å². The molecule has 0 unspecified atom stereocenters. The number of aryl methyl sites for hydroxylation is 1. The first kappa shape index (κ1) is 11.3. The minimum absolute atomic E-state index is 0.0897. The number of aromatic amines is 1. The van der Waals surface area contributed by atoms with E-state index in [0.29, 0.717) is 18.1 Å². The average Bonchev–Trinajstić information content (AvgIpc) is 2.79. The number of hydrogen-bond donors (Lipinski definition) is 1. The standard InChI is InChI=1S/C11H12N4O2/c1-3-17-11(16)10-13-9(14-15-10)8-7(2)5-4-6-12-8/h4-6H,3H2,1-2H3,(H,13,14,15). The lowest BCUT2D eigenvalue weighted by molar-refractivity contribution is 0.0512. The van der Waals surface area contributed by atoms with Crippen molar-refractivity contribution in [1.29, 1.82) is 0 Å². The predicted octanol–water partition coefficient (Wildman–Crippen LogP) is 1.35. The van der Waals surface area contributed by atoms with Crippen molar-refractivity contribution in [3.8, 4) is 11.5 Å². The molecule has 0 spiro atoms. The quantitative estimate of drug-likeness (QED) is 0.808. The fraction of sp³-hybridized carbons (Fsp3) is 0.273. The maximum absolute atomic E-state index is 11.4. The van der Waals surface area contributed by atoms with E-state index in [1.807, 2.05) is 19.1 Å². The number of aromatic nitrogens is 4. The van der Waals surface area contributed by atoms with Gasteiger partial charge in [-0.15, -0.1) is 0 Å². The minimum atomic E-state index is -0.514. The highest BCUT2D eigenvalue weighted by atomic mass is 16.5. The Morgan fingerprint density at radius 2 is 2.35 bits per heavy atom. The highest BCUT2D eigenvalue weighted by Crippen LogP contribution is 2.15. The van der Waals surface area contributed by atoms with Gasteiger partial charge >= 0.3 is 5.97 Å². The predicted molar refractivity (Wildman–Crippen MR) is 60.3 cm³/mol. The molecule has 0 saturated carbocycles. The fourth-order valence-electron chi connectivity index (χ4n) is 1.38. The van der Waals surface area contributed by atoms with Crippen LogP contribution >= 0.6 is 0 Å². The van der Waals surface area contributed by atoms with Gasteiger partial charge in [0, 0.05) is 6.20 Å². The van der Waals surface area contributed by atoms with Crippen LogP contribution in [0.15, 0.2) is 18.3 Å². The molecule has 0 fully saturated rings. The van der Waals surface area contributed by atoms with Crippen LogP contribution in [0.3, 0.4) is 0 Å². The van der Waals surface area contributed by atoms with E-state index in [9.17, 15) is 4.79 Å². The molecular formula is C11H12N4O2. The maximum atomic E-state index is 11.4. The van der Waals surface area contributed by atoms with Gasteiger partial charge in [-0.1, -0.05) is 6.07 Å². The molecule has 0 bridgehead atoms. The molecule has 0 aliphatic carbocycles. The van der Waals surface area contributed by atoms with Crippen molar-refractivity contribution < 1.29 is 9.53 Å². The van der Waals surface area contributed by atoms with E-state index in [2.05, 4.69) is 20.2 Å². The first-order valence-corrected chi connectivity index (χ1v) is 5.24. The first-order valence-electron chi connectivity index (χ1n) is 5.24. The van der Waals surface area contributed by atoms with Gasteiger partial charge in [0.2, 0.25) is 11.6 Å². The van der Waals surface area contributed by atoms with Crippen LogP contribution in [0.25, 0.3) is 11.5 Å². The molecule has 0 atom stereocenters. The molecule has 6 nitrogen and oxygen atoms in total. The molecule has 2 heterocycles. The van der Waals surface area contributed by atoms with Gasteiger partial charge in [-0.2, -0.15) is 10.1 Å². The number of H-pyrrole nitrogens is 1. The number of carbonyl (C=O) groups is 1. The zero-order chi connectivity index (χ0) is 12.3. The van der Waals surface area contributed by atoms with Gasteiger partial charge in [0.25, 0.3) is 0 Å². The summed E-state index contributed by atoms with van der Waals surface area (Å²) in [5.74, 6) is -0.0297. The van der Waals surface area contributed by atoms with Gasteiger partial charge in [0.1, 0.15) is 5.69 Å². The summed E-state index contributed by atoms with van der Waals surface area (Å²) in [4.78, 5) is 19.6. The second-order valence-electron chi connectivity index (χ2n) is 3.40. The Morgan fingerprint density at radius 1 is 1.53 bits per heavy atom. The van der Waals surface area contributed by atoms with E-state index in [1.54, 1.807) is 13.1 Å². The van der Waals surface area contributed by atoms with Gasteiger partial charge in [0.15, 0.2) is 0 Å². The highest BCUT2D eigenvalue weighted by Gasteiger charge is 2.15. The van der Waals surface area contributed by atoms with Crippen molar-refractivity contribution in [2.24, 2.45) is 0 Å². The molecule has 0 saturated heterocycles. The van der Waals surface area contributed by atoms with E-state index in [4.69, 9.17) is 4.74 Å². The Balaban J connectivity index is 2.30. The molecule has 88 valence electrons.